The van der Waals surface area contributed by atoms with Gasteiger partial charge in [-0.05, 0) is 12.5 Å². The van der Waals surface area contributed by atoms with Crippen molar-refractivity contribution in [2.45, 2.75) is 25.6 Å². The Labute approximate surface area is 120 Å². The zero-order chi connectivity index (χ0) is 14.6. The van der Waals surface area contributed by atoms with E-state index in [0.29, 0.717) is 25.2 Å². The molecule has 7 heteroatoms. The third kappa shape index (κ3) is 1.74. The van der Waals surface area contributed by atoms with Crippen molar-refractivity contribution in [3.05, 3.63) is 35.1 Å². The van der Waals surface area contributed by atoms with Crippen LogP contribution in [0.4, 0.5) is 0 Å². The quantitative estimate of drug-likeness (QED) is 0.628. The maximum Gasteiger partial charge on any atom is 0.352 e. The predicted octanol–water partition coefficient (Wildman–Crippen LogP) is 0.380. The van der Waals surface area contributed by atoms with Crippen LogP contribution >= 0.6 is 0 Å². The van der Waals surface area contributed by atoms with Gasteiger partial charge in [-0.25, -0.2) is 9.78 Å². The monoisotopic (exact) mass is 287 g/mol. The van der Waals surface area contributed by atoms with E-state index >= 15 is 0 Å². The van der Waals surface area contributed by atoms with E-state index in [1.165, 1.54) is 4.90 Å². The second-order valence-electron chi connectivity index (χ2n) is 5.25. The summed E-state index contributed by atoms with van der Waals surface area (Å²) in [4.78, 5) is 28.9. The van der Waals surface area contributed by atoms with E-state index in [0.717, 1.165) is 18.1 Å². The molecule has 1 unspecified atom stereocenters. The fraction of sp³-hybridized carbons (Fsp3) is 0.357. The Morgan fingerprint density at radius 2 is 2.38 bits per heavy atom. The smallest absolute Gasteiger partial charge is 0.352 e. The summed E-state index contributed by atoms with van der Waals surface area (Å²) in [6, 6.07) is -0.154. The number of carboxylic acid groups (broad SMARTS) is 1. The van der Waals surface area contributed by atoms with Crippen LogP contribution in [0.2, 0.25) is 0 Å². The topological polar surface area (TPSA) is 84.7 Å². The summed E-state index contributed by atoms with van der Waals surface area (Å²) >= 11 is 0. The minimum absolute atomic E-state index is 0.0830. The lowest BCUT2D eigenvalue weighted by Crippen LogP contribution is -2.52. The highest BCUT2D eigenvalue weighted by molar-refractivity contribution is 6.10. The van der Waals surface area contributed by atoms with E-state index < -0.39 is 5.97 Å². The van der Waals surface area contributed by atoms with Gasteiger partial charge in [0.1, 0.15) is 18.1 Å². The molecule has 1 fully saturated rings. The molecule has 1 saturated heterocycles. The van der Waals surface area contributed by atoms with Gasteiger partial charge in [0.25, 0.3) is 5.91 Å². The normalized spacial score (nSPS) is 25.4. The molecular weight excluding hydrogens is 274 g/mol. The molecule has 3 aliphatic rings. The minimum atomic E-state index is -1.06. The van der Waals surface area contributed by atoms with Crippen LogP contribution in [0.25, 0.3) is 6.08 Å². The van der Waals surface area contributed by atoms with E-state index in [-0.39, 0.29) is 17.6 Å². The zero-order valence-corrected chi connectivity index (χ0v) is 11.2. The van der Waals surface area contributed by atoms with E-state index in [1.54, 1.807) is 12.2 Å². The maximum atomic E-state index is 12.1. The number of hydrogen-bond donors (Lipinski definition) is 1. The molecule has 0 spiro atoms. The lowest BCUT2D eigenvalue weighted by Gasteiger charge is -2.38. The molecule has 0 bridgehead atoms. The van der Waals surface area contributed by atoms with Gasteiger partial charge in [0.05, 0.1) is 18.3 Å². The van der Waals surface area contributed by atoms with Gasteiger partial charge in [-0.15, -0.1) is 0 Å². The molecule has 0 aliphatic carbocycles. The lowest BCUT2D eigenvalue weighted by atomic mass is 9.94. The Morgan fingerprint density at radius 1 is 1.52 bits per heavy atom. The van der Waals surface area contributed by atoms with Crippen molar-refractivity contribution in [3.8, 4) is 0 Å². The van der Waals surface area contributed by atoms with Gasteiger partial charge >= 0.3 is 5.97 Å². The average molecular weight is 287 g/mol. The largest absolute Gasteiger partial charge is 0.477 e. The SMILES string of the molecule is O=C(O)C1=CCC2/C(=C\c3cn4c(n3)COCC4)C(=O)N12. The summed E-state index contributed by atoms with van der Waals surface area (Å²) in [5.74, 6) is -0.444. The number of rotatable bonds is 2. The molecule has 1 atom stereocenters. The summed E-state index contributed by atoms with van der Waals surface area (Å²) < 4.78 is 7.35. The number of β-lactam (4-membered cyclic amide) rings is 1. The fourth-order valence-electron chi connectivity index (χ4n) is 3.02. The minimum Gasteiger partial charge on any atom is -0.477 e. The number of aromatic nitrogens is 2. The molecule has 4 rings (SSSR count). The molecule has 108 valence electrons. The van der Waals surface area contributed by atoms with Gasteiger partial charge in [-0.1, -0.05) is 6.08 Å². The molecule has 1 amide bonds. The first-order valence-corrected chi connectivity index (χ1v) is 6.77. The van der Waals surface area contributed by atoms with Gasteiger partial charge in [-0.2, -0.15) is 0 Å². The number of carbonyl (C=O) groups excluding carboxylic acids is 1. The lowest BCUT2D eigenvalue weighted by molar-refractivity contribution is -0.142. The van der Waals surface area contributed by atoms with Gasteiger partial charge in [0.15, 0.2) is 0 Å². The van der Waals surface area contributed by atoms with Crippen molar-refractivity contribution >= 4 is 18.0 Å². The maximum absolute atomic E-state index is 12.1. The van der Waals surface area contributed by atoms with Crippen LogP contribution in [-0.4, -0.2) is 44.1 Å². The summed E-state index contributed by atoms with van der Waals surface area (Å²) in [7, 11) is 0. The Morgan fingerprint density at radius 3 is 3.14 bits per heavy atom. The molecule has 1 N–H and O–H groups in total. The summed E-state index contributed by atoms with van der Waals surface area (Å²) in [5, 5.41) is 9.03. The molecule has 0 aromatic carbocycles. The van der Waals surface area contributed by atoms with E-state index in [9.17, 15) is 9.59 Å². The molecule has 1 aromatic rings. The van der Waals surface area contributed by atoms with E-state index in [4.69, 9.17) is 9.84 Å². The number of aliphatic carboxylic acids is 1. The molecule has 1 aromatic heterocycles. The first kappa shape index (κ1) is 12.3. The summed E-state index contributed by atoms with van der Waals surface area (Å²) in [5.41, 5.74) is 1.43. The molecule has 0 saturated carbocycles. The number of hydrogen-bond acceptors (Lipinski definition) is 4. The summed E-state index contributed by atoms with van der Waals surface area (Å²) in [6.07, 6.45) is 5.81. The van der Waals surface area contributed by atoms with Gasteiger partial charge in [0.2, 0.25) is 0 Å². The standard InChI is InChI=1S/C14H13N3O4/c18-13-9(10-1-2-11(14(19)20)17(10)13)5-8-6-16-3-4-21-7-12(16)15-8/h2,5-6,10H,1,3-4,7H2,(H,19,20)/b9-5+. The molecule has 3 aliphatic heterocycles. The number of ether oxygens (including phenoxy) is 1. The first-order chi connectivity index (χ1) is 10.1. The second kappa shape index (κ2) is 4.29. The third-order valence-electron chi connectivity index (χ3n) is 4.04. The third-order valence-corrected chi connectivity index (χ3v) is 4.04. The fourth-order valence-corrected chi connectivity index (χ4v) is 3.02. The van der Waals surface area contributed by atoms with Crippen LogP contribution in [0.3, 0.4) is 0 Å². The molecule has 0 radical (unpaired) electrons. The Bertz CT molecular complexity index is 692. The highest BCUT2D eigenvalue weighted by Crippen LogP contribution is 2.38. The number of amides is 1. The molecule has 21 heavy (non-hydrogen) atoms. The highest BCUT2D eigenvalue weighted by atomic mass is 16.5. The number of carboxylic acids is 1. The number of imidazole rings is 1. The number of fused-ring (bicyclic) bond motifs is 2. The number of carbonyl (C=O) groups is 2. The van der Waals surface area contributed by atoms with Crippen LogP contribution < -0.4 is 0 Å². The van der Waals surface area contributed by atoms with Crippen LogP contribution in [0.1, 0.15) is 17.9 Å². The molecular formula is C14H13N3O4. The van der Waals surface area contributed by atoms with Crippen molar-refractivity contribution in [1.29, 1.82) is 0 Å². The molecule has 7 nitrogen and oxygen atoms in total. The van der Waals surface area contributed by atoms with Crippen molar-refractivity contribution < 1.29 is 19.4 Å². The van der Waals surface area contributed by atoms with Crippen LogP contribution in [0.5, 0.6) is 0 Å². The van der Waals surface area contributed by atoms with Crippen molar-refractivity contribution in [2.24, 2.45) is 0 Å². The Kier molecular flexibility index (Phi) is 2.52. The average Bonchev–Trinajstić information content (AvgIpc) is 3.05. The predicted molar refractivity (Wildman–Crippen MR) is 70.8 cm³/mol. The van der Waals surface area contributed by atoms with Crippen LogP contribution in [-0.2, 0) is 27.5 Å². The Hall–Kier alpha value is -2.41. The highest BCUT2D eigenvalue weighted by Gasteiger charge is 2.48. The van der Waals surface area contributed by atoms with Crippen molar-refractivity contribution in [3.63, 3.8) is 0 Å². The van der Waals surface area contributed by atoms with Crippen LogP contribution in [0.15, 0.2) is 23.5 Å². The second-order valence-corrected chi connectivity index (χ2v) is 5.25. The van der Waals surface area contributed by atoms with E-state index in [2.05, 4.69) is 4.98 Å². The first-order valence-electron chi connectivity index (χ1n) is 6.77. The van der Waals surface area contributed by atoms with Crippen molar-refractivity contribution in [2.75, 3.05) is 6.61 Å². The Balaban J connectivity index is 1.60. The molecule has 4 heterocycles. The van der Waals surface area contributed by atoms with Gasteiger partial charge in [-0.3, -0.25) is 9.69 Å². The van der Waals surface area contributed by atoms with Gasteiger partial charge in [0, 0.05) is 18.3 Å². The number of nitrogens with zero attached hydrogens (tertiary/aromatic N) is 3. The van der Waals surface area contributed by atoms with Gasteiger partial charge < -0.3 is 14.4 Å². The zero-order valence-electron chi connectivity index (χ0n) is 11.2. The van der Waals surface area contributed by atoms with Crippen molar-refractivity contribution in [1.82, 2.24) is 14.5 Å². The summed E-state index contributed by atoms with van der Waals surface area (Å²) in [6.45, 7) is 1.91. The van der Waals surface area contributed by atoms with Crippen LogP contribution in [0, 0.1) is 0 Å². The van der Waals surface area contributed by atoms with E-state index in [1.807, 2.05) is 10.8 Å².